The summed E-state index contributed by atoms with van der Waals surface area (Å²) in [5.74, 6) is 1.57. The van der Waals surface area contributed by atoms with Crippen molar-refractivity contribution in [1.29, 1.82) is 0 Å². The molecule has 8 nitrogen and oxygen atoms in total. The lowest BCUT2D eigenvalue weighted by Crippen LogP contribution is -2.43. The first-order valence-corrected chi connectivity index (χ1v) is 11.3. The normalized spacial score (nSPS) is 19.3. The van der Waals surface area contributed by atoms with Crippen LogP contribution in [-0.4, -0.2) is 31.8 Å². The standard InChI is InChI=1S/C23H34N8/c1-13(2)19-20-21(31(30-19)14(3)4)22(26-16-11-9-15(24)10-12-16)29-23(28-20)27-18-8-6-5-7-17(18)25/h9-14,17-18H,5-8,24-25H2,1-4H3,(H2,26,27,28,29). The number of nitrogens with one attached hydrogen (secondary N) is 2. The Balaban J connectivity index is 1.83. The van der Waals surface area contributed by atoms with Crippen LogP contribution < -0.4 is 22.1 Å². The van der Waals surface area contributed by atoms with Gasteiger partial charge in [-0.05, 0) is 56.9 Å². The van der Waals surface area contributed by atoms with E-state index in [4.69, 9.17) is 26.5 Å². The Morgan fingerprint density at radius 2 is 1.74 bits per heavy atom. The number of nitrogen functional groups attached to an aromatic ring is 1. The van der Waals surface area contributed by atoms with Crippen LogP contribution in [0.15, 0.2) is 24.3 Å². The maximum absolute atomic E-state index is 6.38. The zero-order valence-electron chi connectivity index (χ0n) is 18.9. The average Bonchev–Trinajstić information content (AvgIpc) is 3.12. The monoisotopic (exact) mass is 422 g/mol. The molecule has 2 atom stereocenters. The van der Waals surface area contributed by atoms with E-state index in [0.717, 1.165) is 46.8 Å². The Morgan fingerprint density at radius 3 is 2.39 bits per heavy atom. The van der Waals surface area contributed by atoms with E-state index in [9.17, 15) is 0 Å². The Hall–Kier alpha value is -2.87. The molecular weight excluding hydrogens is 388 g/mol. The number of benzene rings is 1. The van der Waals surface area contributed by atoms with E-state index in [-0.39, 0.29) is 24.0 Å². The van der Waals surface area contributed by atoms with Crippen LogP contribution in [-0.2, 0) is 0 Å². The predicted molar refractivity (Wildman–Crippen MR) is 128 cm³/mol. The number of nitrogens with two attached hydrogens (primary N) is 2. The van der Waals surface area contributed by atoms with Crippen LogP contribution in [0.2, 0.25) is 0 Å². The first-order chi connectivity index (χ1) is 14.8. The molecule has 1 aromatic carbocycles. The van der Waals surface area contributed by atoms with Gasteiger partial charge in [-0.3, -0.25) is 4.68 Å². The van der Waals surface area contributed by atoms with E-state index in [0.29, 0.717) is 5.95 Å². The van der Waals surface area contributed by atoms with E-state index in [2.05, 4.69) is 38.3 Å². The number of rotatable bonds is 6. The molecule has 8 heteroatoms. The molecule has 166 valence electrons. The van der Waals surface area contributed by atoms with Crippen molar-refractivity contribution in [2.24, 2.45) is 5.73 Å². The Morgan fingerprint density at radius 1 is 1.03 bits per heavy atom. The third-order valence-electron chi connectivity index (χ3n) is 5.91. The molecule has 4 rings (SSSR count). The molecule has 2 aromatic heterocycles. The predicted octanol–water partition coefficient (Wildman–Crippen LogP) is 4.54. The van der Waals surface area contributed by atoms with Crippen LogP contribution in [0.5, 0.6) is 0 Å². The van der Waals surface area contributed by atoms with Gasteiger partial charge in [0.05, 0.1) is 5.69 Å². The van der Waals surface area contributed by atoms with Crippen molar-refractivity contribution in [3.63, 3.8) is 0 Å². The van der Waals surface area contributed by atoms with Crippen LogP contribution in [0.3, 0.4) is 0 Å². The highest BCUT2D eigenvalue weighted by Crippen LogP contribution is 2.33. The van der Waals surface area contributed by atoms with E-state index in [1.807, 2.05) is 28.9 Å². The second kappa shape index (κ2) is 8.70. The summed E-state index contributed by atoms with van der Waals surface area (Å²) in [5.41, 5.74) is 16.6. The quantitative estimate of drug-likeness (QED) is 0.431. The Kier molecular flexibility index (Phi) is 6.00. The van der Waals surface area contributed by atoms with Gasteiger partial charge in [0.1, 0.15) is 11.0 Å². The van der Waals surface area contributed by atoms with Crippen LogP contribution >= 0.6 is 0 Å². The molecule has 0 saturated heterocycles. The summed E-state index contributed by atoms with van der Waals surface area (Å²) in [6.45, 7) is 8.53. The molecule has 0 radical (unpaired) electrons. The molecule has 1 aliphatic rings. The van der Waals surface area contributed by atoms with E-state index in [1.54, 1.807) is 0 Å². The Labute approximate surface area is 183 Å². The molecule has 31 heavy (non-hydrogen) atoms. The SMILES string of the molecule is CC(C)c1nn(C(C)C)c2c(Nc3ccc(N)cc3)nc(NC3CCCCC3N)nc12. The smallest absolute Gasteiger partial charge is 0.225 e. The third-order valence-corrected chi connectivity index (χ3v) is 5.91. The third kappa shape index (κ3) is 4.44. The number of nitrogens with zero attached hydrogens (tertiary/aromatic N) is 4. The molecule has 2 heterocycles. The molecule has 0 bridgehead atoms. The highest BCUT2D eigenvalue weighted by Gasteiger charge is 2.25. The second-order valence-electron chi connectivity index (χ2n) is 9.12. The van der Waals surface area contributed by atoms with Gasteiger partial charge in [0.15, 0.2) is 5.82 Å². The average molecular weight is 423 g/mol. The van der Waals surface area contributed by atoms with Crippen molar-refractivity contribution in [2.45, 2.75) is 77.4 Å². The molecule has 3 aromatic rings. The molecular formula is C23H34N8. The summed E-state index contributed by atoms with van der Waals surface area (Å²) < 4.78 is 2.01. The molecule has 0 aliphatic heterocycles. The fourth-order valence-corrected chi connectivity index (χ4v) is 4.19. The van der Waals surface area contributed by atoms with Crippen molar-refractivity contribution in [2.75, 3.05) is 16.4 Å². The lowest BCUT2D eigenvalue weighted by atomic mass is 9.91. The van der Waals surface area contributed by atoms with Crippen LogP contribution in [0.1, 0.15) is 71.0 Å². The van der Waals surface area contributed by atoms with Crippen molar-refractivity contribution in [3.05, 3.63) is 30.0 Å². The largest absolute Gasteiger partial charge is 0.399 e. The first kappa shape index (κ1) is 21.4. The van der Waals surface area contributed by atoms with Crippen molar-refractivity contribution in [1.82, 2.24) is 19.7 Å². The number of hydrogen-bond donors (Lipinski definition) is 4. The van der Waals surface area contributed by atoms with Gasteiger partial charge >= 0.3 is 0 Å². The van der Waals surface area contributed by atoms with Gasteiger partial charge in [0.25, 0.3) is 0 Å². The van der Waals surface area contributed by atoms with Gasteiger partial charge in [-0.1, -0.05) is 26.7 Å². The molecule has 1 fully saturated rings. The summed E-state index contributed by atoms with van der Waals surface area (Å²) in [7, 11) is 0. The summed E-state index contributed by atoms with van der Waals surface area (Å²) in [6.07, 6.45) is 4.42. The molecule has 0 spiro atoms. The fourth-order valence-electron chi connectivity index (χ4n) is 4.19. The molecule has 0 amide bonds. The van der Waals surface area contributed by atoms with Crippen molar-refractivity contribution in [3.8, 4) is 0 Å². The van der Waals surface area contributed by atoms with Gasteiger partial charge < -0.3 is 22.1 Å². The number of fused-ring (bicyclic) bond motifs is 1. The van der Waals surface area contributed by atoms with Crippen LogP contribution in [0, 0.1) is 0 Å². The van der Waals surface area contributed by atoms with Crippen LogP contribution in [0.25, 0.3) is 11.0 Å². The van der Waals surface area contributed by atoms with Crippen LogP contribution in [0.4, 0.5) is 23.1 Å². The number of aromatic nitrogens is 4. The lowest BCUT2D eigenvalue weighted by molar-refractivity contribution is 0.402. The highest BCUT2D eigenvalue weighted by atomic mass is 15.3. The number of hydrogen-bond acceptors (Lipinski definition) is 7. The topological polar surface area (TPSA) is 120 Å². The van der Waals surface area contributed by atoms with Gasteiger partial charge in [-0.15, -0.1) is 0 Å². The fraction of sp³-hybridized carbons (Fsp3) is 0.522. The summed E-state index contributed by atoms with van der Waals surface area (Å²) in [4.78, 5) is 9.81. The summed E-state index contributed by atoms with van der Waals surface area (Å²) >= 11 is 0. The molecule has 6 N–H and O–H groups in total. The number of anilines is 4. The van der Waals surface area contributed by atoms with Gasteiger partial charge in [0.2, 0.25) is 5.95 Å². The van der Waals surface area contributed by atoms with E-state index >= 15 is 0 Å². The zero-order chi connectivity index (χ0) is 22.1. The first-order valence-electron chi connectivity index (χ1n) is 11.3. The van der Waals surface area contributed by atoms with Crippen molar-refractivity contribution >= 4 is 34.2 Å². The van der Waals surface area contributed by atoms with Gasteiger partial charge in [-0.2, -0.15) is 10.1 Å². The molecule has 1 saturated carbocycles. The maximum Gasteiger partial charge on any atom is 0.225 e. The second-order valence-corrected chi connectivity index (χ2v) is 9.12. The zero-order valence-corrected chi connectivity index (χ0v) is 18.9. The van der Waals surface area contributed by atoms with Gasteiger partial charge in [-0.25, -0.2) is 4.98 Å². The van der Waals surface area contributed by atoms with Crippen molar-refractivity contribution < 1.29 is 0 Å². The lowest BCUT2D eigenvalue weighted by Gasteiger charge is -2.29. The Bertz CT molecular complexity index is 1040. The minimum atomic E-state index is 0.115. The van der Waals surface area contributed by atoms with E-state index < -0.39 is 0 Å². The minimum absolute atomic E-state index is 0.115. The van der Waals surface area contributed by atoms with Gasteiger partial charge in [0, 0.05) is 29.5 Å². The maximum atomic E-state index is 6.38. The highest BCUT2D eigenvalue weighted by molar-refractivity contribution is 5.91. The minimum Gasteiger partial charge on any atom is -0.399 e. The molecule has 2 unspecified atom stereocenters. The van der Waals surface area contributed by atoms with E-state index in [1.165, 1.54) is 12.8 Å². The summed E-state index contributed by atoms with van der Waals surface area (Å²) in [6, 6.07) is 8.12. The summed E-state index contributed by atoms with van der Waals surface area (Å²) in [5, 5.41) is 11.9. The molecule has 1 aliphatic carbocycles.